The number of rotatable bonds is 3. The van der Waals surface area contributed by atoms with Crippen LogP contribution in [0.2, 0.25) is 0 Å². The number of hydrogen-bond acceptors (Lipinski definition) is 5. The molecule has 0 radical (unpaired) electrons. The molecule has 1 atom stereocenters. The van der Waals surface area contributed by atoms with Crippen LogP contribution in [-0.4, -0.2) is 49.3 Å². The quantitative estimate of drug-likeness (QED) is 0.807. The number of carbonyl (C=O) groups excluding carboxylic acids is 1. The standard InChI is InChI=1S/C20H32N4O2/c1-5-23-10-8-20(13-23)9-11-24(14-20)15-6-7-17(16(21)12-15)22-18(25)26-19(2,3)4/h6-7,12H,5,8-11,13-14,21H2,1-4H3,(H,22,25). The van der Waals surface area contributed by atoms with Crippen LogP contribution in [0.1, 0.15) is 40.5 Å². The van der Waals surface area contributed by atoms with Crippen molar-refractivity contribution in [3.63, 3.8) is 0 Å². The maximum Gasteiger partial charge on any atom is 0.412 e. The molecule has 6 nitrogen and oxygen atoms in total. The van der Waals surface area contributed by atoms with Gasteiger partial charge in [-0.15, -0.1) is 0 Å². The van der Waals surface area contributed by atoms with Crippen molar-refractivity contribution in [1.82, 2.24) is 4.90 Å². The summed E-state index contributed by atoms with van der Waals surface area (Å²) in [5.41, 5.74) is 8.37. The number of ether oxygens (including phenoxy) is 1. The Morgan fingerprint density at radius 1 is 1.27 bits per heavy atom. The lowest BCUT2D eigenvalue weighted by molar-refractivity contribution is 0.0636. The lowest BCUT2D eigenvalue weighted by atomic mass is 9.86. The van der Waals surface area contributed by atoms with Gasteiger partial charge in [-0.3, -0.25) is 5.32 Å². The molecule has 3 rings (SSSR count). The third-order valence-electron chi connectivity index (χ3n) is 5.44. The minimum absolute atomic E-state index is 0.429. The van der Waals surface area contributed by atoms with Gasteiger partial charge in [0, 0.05) is 30.7 Å². The average molecular weight is 361 g/mol. The largest absolute Gasteiger partial charge is 0.444 e. The van der Waals surface area contributed by atoms with Crippen LogP contribution in [-0.2, 0) is 4.74 Å². The van der Waals surface area contributed by atoms with E-state index in [1.165, 1.54) is 25.9 Å². The Morgan fingerprint density at radius 3 is 2.62 bits per heavy atom. The molecule has 0 bridgehead atoms. The first-order valence-corrected chi connectivity index (χ1v) is 9.57. The Kier molecular flexibility index (Phi) is 5.06. The van der Waals surface area contributed by atoms with Gasteiger partial charge in [0.25, 0.3) is 0 Å². The number of likely N-dealkylation sites (tertiary alicyclic amines) is 1. The van der Waals surface area contributed by atoms with Crippen molar-refractivity contribution < 1.29 is 9.53 Å². The molecule has 0 saturated carbocycles. The minimum atomic E-state index is -0.531. The molecule has 144 valence electrons. The van der Waals surface area contributed by atoms with Gasteiger partial charge in [0.2, 0.25) is 0 Å². The number of nitrogens with one attached hydrogen (secondary N) is 1. The fourth-order valence-electron chi connectivity index (χ4n) is 4.06. The van der Waals surface area contributed by atoms with Crippen molar-refractivity contribution in [2.45, 2.75) is 46.1 Å². The second-order valence-corrected chi connectivity index (χ2v) is 8.69. The van der Waals surface area contributed by atoms with E-state index >= 15 is 0 Å². The zero-order valence-corrected chi connectivity index (χ0v) is 16.5. The highest BCUT2D eigenvalue weighted by Crippen LogP contribution is 2.41. The van der Waals surface area contributed by atoms with Crippen LogP contribution in [0.5, 0.6) is 0 Å². The van der Waals surface area contributed by atoms with Crippen molar-refractivity contribution in [2.75, 3.05) is 48.7 Å². The Labute approximate surface area is 156 Å². The van der Waals surface area contributed by atoms with Crippen LogP contribution in [0.15, 0.2) is 18.2 Å². The van der Waals surface area contributed by atoms with Gasteiger partial charge in [-0.25, -0.2) is 4.79 Å². The molecular formula is C20H32N4O2. The van der Waals surface area contributed by atoms with E-state index < -0.39 is 11.7 Å². The number of nitrogen functional groups attached to an aromatic ring is 1. The number of nitrogens with two attached hydrogens (primary N) is 1. The van der Waals surface area contributed by atoms with Crippen LogP contribution < -0.4 is 16.0 Å². The monoisotopic (exact) mass is 360 g/mol. The number of benzene rings is 1. The number of hydrogen-bond donors (Lipinski definition) is 2. The molecule has 2 aliphatic heterocycles. The smallest absolute Gasteiger partial charge is 0.412 e. The van der Waals surface area contributed by atoms with Crippen molar-refractivity contribution in [2.24, 2.45) is 5.41 Å². The Balaban J connectivity index is 1.64. The number of amides is 1. The van der Waals surface area contributed by atoms with Crippen molar-refractivity contribution in [3.8, 4) is 0 Å². The van der Waals surface area contributed by atoms with Crippen LogP contribution in [0.3, 0.4) is 0 Å². The second-order valence-electron chi connectivity index (χ2n) is 8.69. The highest BCUT2D eigenvalue weighted by atomic mass is 16.6. The summed E-state index contributed by atoms with van der Waals surface area (Å²) >= 11 is 0. The second kappa shape index (κ2) is 6.99. The average Bonchev–Trinajstić information content (AvgIpc) is 3.15. The highest BCUT2D eigenvalue weighted by Gasteiger charge is 2.43. The fourth-order valence-corrected chi connectivity index (χ4v) is 4.06. The molecule has 2 aliphatic rings. The Bertz CT molecular complexity index is 670. The summed E-state index contributed by atoms with van der Waals surface area (Å²) in [5.74, 6) is 0. The SMILES string of the molecule is CCN1CCC2(CCN(c3ccc(NC(=O)OC(C)(C)C)c(N)c3)C2)C1. The van der Waals surface area contributed by atoms with Gasteiger partial charge < -0.3 is 20.3 Å². The maximum absolute atomic E-state index is 11.9. The molecule has 0 aromatic heterocycles. The summed E-state index contributed by atoms with van der Waals surface area (Å²) in [5, 5.41) is 2.74. The summed E-state index contributed by atoms with van der Waals surface area (Å²) in [6.07, 6.45) is 2.04. The van der Waals surface area contributed by atoms with Crippen molar-refractivity contribution in [3.05, 3.63) is 18.2 Å². The predicted molar refractivity (Wildman–Crippen MR) is 107 cm³/mol. The first-order valence-electron chi connectivity index (χ1n) is 9.57. The molecule has 2 heterocycles. The van der Waals surface area contributed by atoms with E-state index in [2.05, 4.69) is 22.0 Å². The number of carbonyl (C=O) groups is 1. The van der Waals surface area contributed by atoms with Crippen LogP contribution in [0.4, 0.5) is 21.9 Å². The van der Waals surface area contributed by atoms with Gasteiger partial charge in [-0.2, -0.15) is 0 Å². The zero-order chi connectivity index (χ0) is 18.9. The first-order chi connectivity index (χ1) is 12.2. The van der Waals surface area contributed by atoms with Gasteiger partial charge in [0.15, 0.2) is 0 Å². The molecule has 2 saturated heterocycles. The summed E-state index contributed by atoms with van der Waals surface area (Å²) in [7, 11) is 0. The molecule has 26 heavy (non-hydrogen) atoms. The molecule has 2 fully saturated rings. The fraction of sp³-hybridized carbons (Fsp3) is 0.650. The minimum Gasteiger partial charge on any atom is -0.444 e. The molecular weight excluding hydrogens is 328 g/mol. The number of nitrogens with zero attached hydrogens (tertiary/aromatic N) is 2. The topological polar surface area (TPSA) is 70.8 Å². The molecule has 1 unspecified atom stereocenters. The van der Waals surface area contributed by atoms with Crippen molar-refractivity contribution in [1.29, 1.82) is 0 Å². The lowest BCUT2D eigenvalue weighted by Crippen LogP contribution is -2.30. The molecule has 1 amide bonds. The van der Waals surface area contributed by atoms with Gasteiger partial charge >= 0.3 is 6.09 Å². The summed E-state index contributed by atoms with van der Waals surface area (Å²) < 4.78 is 5.29. The van der Waals surface area contributed by atoms with Crippen molar-refractivity contribution >= 4 is 23.2 Å². The molecule has 3 N–H and O–H groups in total. The normalized spacial score (nSPS) is 23.6. The summed E-state index contributed by atoms with van der Waals surface area (Å²) in [4.78, 5) is 16.9. The maximum atomic E-state index is 11.9. The molecule has 0 aliphatic carbocycles. The number of anilines is 3. The molecule has 1 aromatic carbocycles. The van der Waals surface area contributed by atoms with E-state index in [0.717, 1.165) is 25.3 Å². The predicted octanol–water partition coefficient (Wildman–Crippen LogP) is 3.54. The van der Waals surface area contributed by atoms with E-state index in [4.69, 9.17) is 10.5 Å². The lowest BCUT2D eigenvalue weighted by Gasteiger charge is -2.26. The Hall–Kier alpha value is -1.95. The summed E-state index contributed by atoms with van der Waals surface area (Å²) in [6.45, 7) is 13.5. The van der Waals surface area contributed by atoms with Gasteiger partial charge in [0.1, 0.15) is 5.60 Å². The van der Waals surface area contributed by atoms with Crippen LogP contribution in [0, 0.1) is 5.41 Å². The molecule has 6 heteroatoms. The third kappa shape index (κ3) is 4.23. The van der Waals surface area contributed by atoms with Gasteiger partial charge in [-0.1, -0.05) is 6.92 Å². The van der Waals surface area contributed by atoms with E-state index in [1.54, 1.807) is 0 Å². The third-order valence-corrected chi connectivity index (χ3v) is 5.44. The summed E-state index contributed by atoms with van der Waals surface area (Å²) in [6, 6.07) is 5.86. The molecule has 1 aromatic rings. The van der Waals surface area contributed by atoms with E-state index in [1.807, 2.05) is 39.0 Å². The van der Waals surface area contributed by atoms with Crippen LogP contribution in [0.25, 0.3) is 0 Å². The van der Waals surface area contributed by atoms with Gasteiger partial charge in [0.05, 0.1) is 11.4 Å². The van der Waals surface area contributed by atoms with E-state index in [9.17, 15) is 4.79 Å². The van der Waals surface area contributed by atoms with E-state index in [-0.39, 0.29) is 0 Å². The highest BCUT2D eigenvalue weighted by molar-refractivity contribution is 5.90. The Morgan fingerprint density at radius 2 is 2.00 bits per heavy atom. The van der Waals surface area contributed by atoms with Gasteiger partial charge in [-0.05, 0) is 64.9 Å². The van der Waals surface area contributed by atoms with Crippen LogP contribution >= 0.6 is 0 Å². The zero-order valence-electron chi connectivity index (χ0n) is 16.5. The molecule has 1 spiro atoms. The van der Waals surface area contributed by atoms with E-state index in [0.29, 0.717) is 16.8 Å². The first kappa shape index (κ1) is 18.8.